The number of esters is 2. The van der Waals surface area contributed by atoms with Crippen molar-refractivity contribution in [3.05, 3.63) is 71.8 Å². The Balaban J connectivity index is 1.80. The van der Waals surface area contributed by atoms with Crippen LogP contribution in [0.25, 0.3) is 0 Å². The molecule has 0 aromatic heterocycles. The molecule has 0 spiro atoms. The van der Waals surface area contributed by atoms with Crippen LogP contribution in [0.1, 0.15) is 51.5 Å². The third kappa shape index (κ3) is 4.82. The highest BCUT2D eigenvalue weighted by atomic mass is 16.6. The molecule has 2 heterocycles. The van der Waals surface area contributed by atoms with E-state index < -0.39 is 41.1 Å². The number of hydrogen-bond acceptors (Lipinski definition) is 6. The van der Waals surface area contributed by atoms with Gasteiger partial charge in [-0.2, -0.15) is 0 Å². The first-order valence-corrected chi connectivity index (χ1v) is 12.1. The minimum Gasteiger partial charge on any atom is -0.465 e. The fraction of sp³-hybridized carbons (Fsp3) is 0.464. The molecule has 186 valence electrons. The molecule has 0 bridgehead atoms. The van der Waals surface area contributed by atoms with Crippen LogP contribution >= 0.6 is 0 Å². The summed E-state index contributed by atoms with van der Waals surface area (Å²) in [6.07, 6.45) is -0.601. The molecule has 0 radical (unpaired) electrons. The van der Waals surface area contributed by atoms with Crippen molar-refractivity contribution in [3.8, 4) is 0 Å². The molecule has 1 unspecified atom stereocenters. The SMILES string of the molecule is CCOC(=O)C1(Cc2ccccc2)C(=O)N2[C@@H](c3ccccc3)OC[C@@H]2[C@H]1CC(=O)OC(C)(C)C. The Kier molecular flexibility index (Phi) is 6.99. The highest BCUT2D eigenvalue weighted by molar-refractivity contribution is 6.06. The number of benzene rings is 2. The molecular weight excluding hydrogens is 446 g/mol. The van der Waals surface area contributed by atoms with Gasteiger partial charge in [-0.15, -0.1) is 0 Å². The topological polar surface area (TPSA) is 82.1 Å². The third-order valence-electron chi connectivity index (χ3n) is 6.61. The maximum Gasteiger partial charge on any atom is 0.322 e. The molecule has 35 heavy (non-hydrogen) atoms. The number of hydrogen-bond donors (Lipinski definition) is 0. The third-order valence-corrected chi connectivity index (χ3v) is 6.61. The summed E-state index contributed by atoms with van der Waals surface area (Å²) in [4.78, 5) is 42.6. The zero-order valence-electron chi connectivity index (χ0n) is 20.7. The van der Waals surface area contributed by atoms with Gasteiger partial charge in [0.2, 0.25) is 5.91 Å². The maximum atomic E-state index is 14.3. The van der Waals surface area contributed by atoms with Crippen molar-refractivity contribution >= 4 is 17.8 Å². The van der Waals surface area contributed by atoms with E-state index in [4.69, 9.17) is 14.2 Å². The summed E-state index contributed by atoms with van der Waals surface area (Å²) in [6, 6.07) is 18.4. The van der Waals surface area contributed by atoms with Crippen molar-refractivity contribution in [2.75, 3.05) is 13.2 Å². The molecule has 2 saturated heterocycles. The normalized spacial score (nSPS) is 25.9. The molecule has 7 nitrogen and oxygen atoms in total. The van der Waals surface area contributed by atoms with Crippen LogP contribution in [-0.4, -0.2) is 47.6 Å². The molecular formula is C28H33NO6. The first-order valence-electron chi connectivity index (χ1n) is 12.1. The molecule has 2 aliphatic rings. The lowest BCUT2D eigenvalue weighted by atomic mass is 9.69. The Hall–Kier alpha value is -3.19. The van der Waals surface area contributed by atoms with Crippen LogP contribution in [0.5, 0.6) is 0 Å². The Morgan fingerprint density at radius 1 is 1.06 bits per heavy atom. The minimum atomic E-state index is -1.56. The summed E-state index contributed by atoms with van der Waals surface area (Å²) in [6.45, 7) is 7.45. The van der Waals surface area contributed by atoms with E-state index >= 15 is 0 Å². The minimum absolute atomic E-state index is 0.0965. The first-order chi connectivity index (χ1) is 16.7. The van der Waals surface area contributed by atoms with Crippen molar-refractivity contribution in [3.63, 3.8) is 0 Å². The number of carbonyl (C=O) groups excluding carboxylic acids is 3. The summed E-state index contributed by atoms with van der Waals surface area (Å²) >= 11 is 0. The van der Waals surface area contributed by atoms with Crippen LogP contribution in [-0.2, 0) is 35.0 Å². The number of rotatable bonds is 7. The number of nitrogens with zero attached hydrogens (tertiary/aromatic N) is 1. The molecule has 0 saturated carbocycles. The fourth-order valence-corrected chi connectivity index (χ4v) is 5.25. The molecule has 4 atom stereocenters. The number of fused-ring (bicyclic) bond motifs is 1. The highest BCUT2D eigenvalue weighted by Gasteiger charge is 2.67. The number of amides is 1. The van der Waals surface area contributed by atoms with Crippen LogP contribution in [0.4, 0.5) is 0 Å². The van der Waals surface area contributed by atoms with Gasteiger partial charge in [0.25, 0.3) is 0 Å². The van der Waals surface area contributed by atoms with Gasteiger partial charge in [-0.25, -0.2) is 0 Å². The van der Waals surface area contributed by atoms with Gasteiger partial charge in [-0.05, 0) is 39.7 Å². The lowest BCUT2D eigenvalue weighted by Crippen LogP contribution is -2.48. The smallest absolute Gasteiger partial charge is 0.322 e. The van der Waals surface area contributed by atoms with Gasteiger partial charge in [0.1, 0.15) is 5.60 Å². The van der Waals surface area contributed by atoms with Crippen LogP contribution in [0.2, 0.25) is 0 Å². The Morgan fingerprint density at radius 3 is 2.29 bits per heavy atom. The van der Waals surface area contributed by atoms with Crippen molar-refractivity contribution in [1.29, 1.82) is 0 Å². The van der Waals surface area contributed by atoms with E-state index in [2.05, 4.69) is 0 Å². The zero-order chi connectivity index (χ0) is 25.2. The molecule has 7 heteroatoms. The van der Waals surface area contributed by atoms with Gasteiger partial charge < -0.3 is 19.1 Å². The summed E-state index contributed by atoms with van der Waals surface area (Å²) in [5.41, 5.74) is -0.611. The molecule has 0 N–H and O–H groups in total. The Morgan fingerprint density at radius 2 is 1.69 bits per heavy atom. The average molecular weight is 480 g/mol. The second-order valence-corrected chi connectivity index (χ2v) is 10.1. The fourth-order valence-electron chi connectivity index (χ4n) is 5.25. The van der Waals surface area contributed by atoms with Gasteiger partial charge in [-0.1, -0.05) is 60.7 Å². The summed E-state index contributed by atoms with van der Waals surface area (Å²) in [5.74, 6) is -2.10. The van der Waals surface area contributed by atoms with E-state index in [1.54, 1.807) is 32.6 Å². The van der Waals surface area contributed by atoms with Crippen molar-refractivity contribution in [2.24, 2.45) is 11.3 Å². The summed E-state index contributed by atoms with van der Waals surface area (Å²) in [5, 5.41) is 0. The summed E-state index contributed by atoms with van der Waals surface area (Å²) < 4.78 is 17.2. The van der Waals surface area contributed by atoms with Gasteiger partial charge in [0.05, 0.1) is 25.7 Å². The van der Waals surface area contributed by atoms with E-state index in [9.17, 15) is 14.4 Å². The quantitative estimate of drug-likeness (QED) is 0.440. The maximum absolute atomic E-state index is 14.3. The molecule has 4 rings (SSSR count). The van der Waals surface area contributed by atoms with E-state index in [-0.39, 0.29) is 32.0 Å². The van der Waals surface area contributed by atoms with Crippen molar-refractivity contribution in [1.82, 2.24) is 4.90 Å². The molecule has 0 aliphatic carbocycles. The molecule has 2 fully saturated rings. The average Bonchev–Trinajstić information content (AvgIpc) is 3.34. The van der Waals surface area contributed by atoms with Crippen molar-refractivity contribution in [2.45, 2.75) is 58.4 Å². The Labute approximate surface area is 206 Å². The monoisotopic (exact) mass is 479 g/mol. The molecule has 1 amide bonds. The zero-order valence-corrected chi connectivity index (χ0v) is 20.7. The largest absolute Gasteiger partial charge is 0.465 e. The van der Waals surface area contributed by atoms with E-state index in [0.717, 1.165) is 11.1 Å². The highest BCUT2D eigenvalue weighted by Crippen LogP contribution is 2.53. The van der Waals surface area contributed by atoms with E-state index in [1.165, 1.54) is 0 Å². The van der Waals surface area contributed by atoms with Crippen LogP contribution < -0.4 is 0 Å². The van der Waals surface area contributed by atoms with Gasteiger partial charge >= 0.3 is 11.9 Å². The van der Waals surface area contributed by atoms with Crippen LogP contribution in [0.15, 0.2) is 60.7 Å². The van der Waals surface area contributed by atoms with E-state index in [1.807, 2.05) is 60.7 Å². The number of carbonyl (C=O) groups is 3. The van der Waals surface area contributed by atoms with E-state index in [0.29, 0.717) is 0 Å². The standard InChI is InChI=1S/C28H33NO6/c1-5-33-26(32)28(17-19-12-8-6-9-13-19)21(16-23(30)35-27(2,3)4)22-18-34-24(29(22)25(28)31)20-14-10-7-11-15-20/h6-15,21-22,24H,5,16-18H2,1-4H3/t21-,22-,24-,28?/m1/s1. The molecule has 2 aliphatic heterocycles. The van der Waals surface area contributed by atoms with Gasteiger partial charge in [0, 0.05) is 11.5 Å². The molecule has 2 aromatic rings. The summed E-state index contributed by atoms with van der Waals surface area (Å²) in [7, 11) is 0. The van der Waals surface area contributed by atoms with Crippen LogP contribution in [0.3, 0.4) is 0 Å². The first kappa shape index (κ1) is 24.9. The van der Waals surface area contributed by atoms with Crippen molar-refractivity contribution < 1.29 is 28.6 Å². The second-order valence-electron chi connectivity index (χ2n) is 10.1. The number of ether oxygens (including phenoxy) is 3. The van der Waals surface area contributed by atoms with Crippen LogP contribution in [0, 0.1) is 11.3 Å². The van der Waals surface area contributed by atoms with Gasteiger partial charge in [0.15, 0.2) is 11.6 Å². The molecule has 2 aromatic carbocycles. The second kappa shape index (κ2) is 9.82. The predicted molar refractivity (Wildman–Crippen MR) is 129 cm³/mol. The van der Waals surface area contributed by atoms with Gasteiger partial charge in [-0.3, -0.25) is 14.4 Å². The lowest BCUT2D eigenvalue weighted by Gasteiger charge is -2.32. The lowest BCUT2D eigenvalue weighted by molar-refractivity contribution is -0.167. The predicted octanol–water partition coefficient (Wildman–Crippen LogP) is 4.07. The Bertz CT molecular complexity index is 1060.